The Labute approximate surface area is 106 Å². The van der Waals surface area contributed by atoms with Crippen LogP contribution >= 0.6 is 0 Å². The van der Waals surface area contributed by atoms with Crippen molar-refractivity contribution in [2.45, 2.75) is 19.4 Å². The third kappa shape index (κ3) is 2.71. The van der Waals surface area contributed by atoms with E-state index in [2.05, 4.69) is 5.32 Å². The fraction of sp³-hybridized carbons (Fsp3) is 0.357. The Bertz CT molecular complexity index is 482. The van der Waals surface area contributed by atoms with Crippen LogP contribution in [0.4, 0.5) is 0 Å². The molecule has 0 heterocycles. The molecule has 2 atom stereocenters. The predicted molar refractivity (Wildman–Crippen MR) is 68.4 cm³/mol. The van der Waals surface area contributed by atoms with Crippen molar-refractivity contribution in [3.8, 4) is 5.75 Å². The molecule has 1 aromatic rings. The van der Waals surface area contributed by atoms with E-state index >= 15 is 0 Å². The van der Waals surface area contributed by atoms with Crippen LogP contribution in [0, 0.1) is 12.8 Å². The van der Waals surface area contributed by atoms with Crippen LogP contribution in [0.1, 0.15) is 22.3 Å². The second-order valence-electron chi connectivity index (χ2n) is 4.66. The fourth-order valence-electron chi connectivity index (χ4n) is 2.09. The molecular formula is C14H17NO3. The van der Waals surface area contributed by atoms with Gasteiger partial charge < -0.3 is 15.5 Å². The van der Waals surface area contributed by atoms with E-state index in [1.165, 1.54) is 6.07 Å². The largest absolute Gasteiger partial charge is 0.507 e. The minimum atomic E-state index is -0.288. The third-order valence-electron chi connectivity index (χ3n) is 3.12. The summed E-state index contributed by atoms with van der Waals surface area (Å²) in [5.41, 5.74) is 1.21. The molecule has 0 unspecified atom stereocenters. The summed E-state index contributed by atoms with van der Waals surface area (Å²) >= 11 is 0. The van der Waals surface area contributed by atoms with Crippen molar-refractivity contribution in [3.05, 3.63) is 41.5 Å². The van der Waals surface area contributed by atoms with Gasteiger partial charge in [0, 0.05) is 18.6 Å². The molecule has 0 aliphatic heterocycles. The first-order chi connectivity index (χ1) is 8.60. The first-order valence-electron chi connectivity index (χ1n) is 6.00. The van der Waals surface area contributed by atoms with Crippen LogP contribution in [-0.4, -0.2) is 28.8 Å². The number of aliphatic hydroxyl groups excluding tert-OH is 1. The molecule has 0 spiro atoms. The molecule has 0 aromatic heterocycles. The van der Waals surface area contributed by atoms with Gasteiger partial charge in [0.2, 0.25) is 0 Å². The number of phenolic OH excluding ortho intramolecular Hbond substituents is 1. The minimum Gasteiger partial charge on any atom is -0.507 e. The molecule has 1 amide bonds. The number of carbonyl (C=O) groups is 1. The van der Waals surface area contributed by atoms with Crippen LogP contribution in [-0.2, 0) is 0 Å². The van der Waals surface area contributed by atoms with E-state index in [0.29, 0.717) is 6.42 Å². The Morgan fingerprint density at radius 3 is 2.89 bits per heavy atom. The van der Waals surface area contributed by atoms with E-state index in [9.17, 15) is 9.90 Å². The molecule has 0 saturated carbocycles. The van der Waals surface area contributed by atoms with Crippen molar-refractivity contribution < 1.29 is 15.0 Å². The molecule has 4 nitrogen and oxygen atoms in total. The number of aromatic hydroxyl groups is 1. The Kier molecular flexibility index (Phi) is 3.67. The highest BCUT2D eigenvalue weighted by Gasteiger charge is 2.21. The molecule has 0 bridgehead atoms. The molecule has 3 N–H and O–H groups in total. The summed E-state index contributed by atoms with van der Waals surface area (Å²) in [6.45, 7) is 1.96. The van der Waals surface area contributed by atoms with Crippen LogP contribution < -0.4 is 5.32 Å². The Morgan fingerprint density at radius 2 is 2.22 bits per heavy atom. The maximum absolute atomic E-state index is 12.0. The van der Waals surface area contributed by atoms with Crippen molar-refractivity contribution in [1.29, 1.82) is 0 Å². The molecule has 18 heavy (non-hydrogen) atoms. The lowest BCUT2D eigenvalue weighted by Gasteiger charge is -2.13. The zero-order valence-corrected chi connectivity index (χ0v) is 10.3. The lowest BCUT2D eigenvalue weighted by atomic mass is 10.1. The molecule has 1 aliphatic rings. The van der Waals surface area contributed by atoms with Gasteiger partial charge in [-0.05, 0) is 25.5 Å². The molecule has 1 aromatic carbocycles. The van der Waals surface area contributed by atoms with Gasteiger partial charge in [-0.25, -0.2) is 0 Å². The van der Waals surface area contributed by atoms with E-state index < -0.39 is 0 Å². The average Bonchev–Trinajstić information content (AvgIpc) is 2.80. The molecule has 96 valence electrons. The molecule has 0 fully saturated rings. The lowest BCUT2D eigenvalue weighted by Crippen LogP contribution is -2.33. The van der Waals surface area contributed by atoms with Gasteiger partial charge in [0.05, 0.1) is 5.56 Å². The minimum absolute atomic E-state index is 0.0150. The number of carbonyl (C=O) groups excluding carboxylic acids is 1. The fourth-order valence-corrected chi connectivity index (χ4v) is 2.09. The molecule has 2 rings (SSSR count). The highest BCUT2D eigenvalue weighted by atomic mass is 16.3. The molecule has 0 radical (unpaired) electrons. The number of phenols is 1. The lowest BCUT2D eigenvalue weighted by molar-refractivity contribution is 0.0938. The van der Waals surface area contributed by atoms with Crippen LogP contribution in [0.15, 0.2) is 30.4 Å². The summed E-state index contributed by atoms with van der Waals surface area (Å²) in [6, 6.07) is 4.86. The molecule has 0 saturated heterocycles. The van der Waals surface area contributed by atoms with Crippen molar-refractivity contribution in [2.24, 2.45) is 5.92 Å². The molecule has 1 aliphatic carbocycles. The van der Waals surface area contributed by atoms with Gasteiger partial charge in [0.15, 0.2) is 0 Å². The summed E-state index contributed by atoms with van der Waals surface area (Å²) in [5.74, 6) is -0.190. The second-order valence-corrected chi connectivity index (χ2v) is 4.66. The summed E-state index contributed by atoms with van der Waals surface area (Å²) in [4.78, 5) is 12.0. The number of nitrogens with one attached hydrogen (secondary N) is 1. The summed E-state index contributed by atoms with van der Waals surface area (Å²) < 4.78 is 0. The zero-order valence-electron chi connectivity index (χ0n) is 10.3. The number of benzene rings is 1. The smallest absolute Gasteiger partial charge is 0.255 e. The SMILES string of the molecule is Cc1ccc(O)c(C(=O)N[C@@H]2C=C[C@H](CO)C2)c1. The van der Waals surface area contributed by atoms with Gasteiger partial charge in [0.25, 0.3) is 5.91 Å². The normalized spacial score (nSPS) is 22.1. The van der Waals surface area contributed by atoms with Gasteiger partial charge in [-0.2, -0.15) is 0 Å². The molecule has 4 heteroatoms. The summed E-state index contributed by atoms with van der Waals surface area (Å²) in [6.07, 6.45) is 4.49. The maximum atomic E-state index is 12.0. The van der Waals surface area contributed by atoms with Gasteiger partial charge in [0.1, 0.15) is 5.75 Å². The summed E-state index contributed by atoms with van der Waals surface area (Å²) in [7, 11) is 0. The standard InChI is InChI=1S/C14H17NO3/c1-9-2-5-13(17)12(6-9)14(18)15-11-4-3-10(7-11)8-16/h2-6,10-11,16-17H,7-8H2,1H3,(H,15,18)/t10-,11+/m0/s1. The Morgan fingerprint density at radius 1 is 1.44 bits per heavy atom. The van der Waals surface area contributed by atoms with E-state index in [1.807, 2.05) is 19.1 Å². The predicted octanol–water partition coefficient (Wildman–Crippen LogP) is 1.37. The van der Waals surface area contributed by atoms with E-state index in [-0.39, 0.29) is 35.8 Å². The van der Waals surface area contributed by atoms with Crippen molar-refractivity contribution in [2.75, 3.05) is 6.61 Å². The first-order valence-corrected chi connectivity index (χ1v) is 6.00. The highest BCUT2D eigenvalue weighted by molar-refractivity contribution is 5.97. The number of hydrogen-bond donors (Lipinski definition) is 3. The Balaban J connectivity index is 2.04. The molecular weight excluding hydrogens is 230 g/mol. The third-order valence-corrected chi connectivity index (χ3v) is 3.12. The van der Waals surface area contributed by atoms with Crippen molar-refractivity contribution in [1.82, 2.24) is 5.32 Å². The van der Waals surface area contributed by atoms with E-state index in [1.54, 1.807) is 12.1 Å². The average molecular weight is 247 g/mol. The van der Waals surface area contributed by atoms with Gasteiger partial charge in [-0.15, -0.1) is 0 Å². The van der Waals surface area contributed by atoms with Crippen molar-refractivity contribution in [3.63, 3.8) is 0 Å². The number of hydrogen-bond acceptors (Lipinski definition) is 3. The number of aryl methyl sites for hydroxylation is 1. The van der Waals surface area contributed by atoms with Crippen LogP contribution in [0.5, 0.6) is 5.75 Å². The Hall–Kier alpha value is -1.81. The quantitative estimate of drug-likeness (QED) is 0.706. The topological polar surface area (TPSA) is 69.6 Å². The van der Waals surface area contributed by atoms with Gasteiger partial charge >= 0.3 is 0 Å². The number of amides is 1. The zero-order chi connectivity index (χ0) is 13.1. The van der Waals surface area contributed by atoms with Crippen molar-refractivity contribution >= 4 is 5.91 Å². The van der Waals surface area contributed by atoms with Gasteiger partial charge in [-0.3, -0.25) is 4.79 Å². The maximum Gasteiger partial charge on any atom is 0.255 e. The first kappa shape index (κ1) is 12.6. The van der Waals surface area contributed by atoms with E-state index in [4.69, 9.17) is 5.11 Å². The van der Waals surface area contributed by atoms with Gasteiger partial charge in [-0.1, -0.05) is 23.8 Å². The van der Waals surface area contributed by atoms with E-state index in [0.717, 1.165) is 5.56 Å². The monoisotopic (exact) mass is 247 g/mol. The van der Waals surface area contributed by atoms with Crippen LogP contribution in [0.3, 0.4) is 0 Å². The number of rotatable bonds is 3. The van der Waals surface area contributed by atoms with Crippen LogP contribution in [0.2, 0.25) is 0 Å². The summed E-state index contributed by atoms with van der Waals surface area (Å²) in [5, 5.41) is 21.5. The number of aliphatic hydroxyl groups is 1. The van der Waals surface area contributed by atoms with Crippen LogP contribution in [0.25, 0.3) is 0 Å². The highest BCUT2D eigenvalue weighted by Crippen LogP contribution is 2.21. The second kappa shape index (κ2) is 5.23.